The number of nitrogens with one attached hydrogen (secondary N) is 1. The number of hydrogen-bond donors (Lipinski definition) is 1. The minimum Gasteiger partial charge on any atom is -0.351 e. The van der Waals surface area contributed by atoms with Crippen LogP contribution in [0.15, 0.2) is 84.8 Å². The second-order valence-electron chi connectivity index (χ2n) is 6.64. The van der Waals surface area contributed by atoms with E-state index in [-0.39, 0.29) is 5.25 Å². The quantitative estimate of drug-likeness (QED) is 0.279. The normalized spacial score (nSPS) is 12.2. The van der Waals surface area contributed by atoms with Crippen molar-refractivity contribution in [3.63, 3.8) is 0 Å². The van der Waals surface area contributed by atoms with E-state index in [2.05, 4.69) is 15.0 Å². The maximum atomic E-state index is 12.8. The molecule has 0 saturated heterocycles. The third-order valence-electron chi connectivity index (χ3n) is 4.38. The van der Waals surface area contributed by atoms with Gasteiger partial charge in [-0.3, -0.25) is 0 Å². The van der Waals surface area contributed by atoms with Gasteiger partial charge in [0.15, 0.2) is 0 Å². The van der Waals surface area contributed by atoms with E-state index in [0.29, 0.717) is 16.6 Å². The summed E-state index contributed by atoms with van der Waals surface area (Å²) >= 11 is 13.8. The van der Waals surface area contributed by atoms with Crippen LogP contribution in [0.2, 0.25) is 10.0 Å². The summed E-state index contributed by atoms with van der Waals surface area (Å²) in [5.41, 5.74) is 0.234. The van der Waals surface area contributed by atoms with E-state index < -0.39 is 11.7 Å². The molecule has 4 nitrogen and oxygen atoms in total. The Balaban J connectivity index is 0.000000509. The molecule has 168 valence electrons. The topological polar surface area (TPSA) is 46.5 Å². The molecule has 1 N–H and O–H groups in total. The van der Waals surface area contributed by atoms with Crippen molar-refractivity contribution in [1.29, 1.82) is 0 Å². The van der Waals surface area contributed by atoms with Crippen LogP contribution in [-0.4, -0.2) is 19.5 Å². The molecule has 2 heterocycles. The van der Waals surface area contributed by atoms with Gasteiger partial charge in [-0.15, -0.1) is 11.8 Å². The van der Waals surface area contributed by atoms with Crippen LogP contribution >= 0.6 is 35.0 Å². The molecule has 0 aliphatic carbocycles. The Bertz CT molecular complexity index is 1050. The highest BCUT2D eigenvalue weighted by atomic mass is 35.5. The Morgan fingerprint density at radius 1 is 1.03 bits per heavy atom. The van der Waals surface area contributed by atoms with E-state index in [1.807, 2.05) is 16.8 Å². The number of aromatic nitrogens is 4. The fourth-order valence-electron chi connectivity index (χ4n) is 2.83. The fraction of sp³-hybridized carbons (Fsp3) is 0.182. The summed E-state index contributed by atoms with van der Waals surface area (Å²) in [7, 11) is 0. The molecule has 1 unspecified atom stereocenters. The molecule has 0 radical (unpaired) electrons. The van der Waals surface area contributed by atoms with E-state index in [1.54, 1.807) is 43.4 Å². The van der Waals surface area contributed by atoms with Crippen molar-refractivity contribution in [2.24, 2.45) is 0 Å². The number of aryl methyl sites for hydroxylation is 1. The number of H-pyrrole nitrogens is 1. The average molecular weight is 499 g/mol. The third-order valence-corrected chi connectivity index (χ3v) is 6.26. The molecule has 2 aromatic heterocycles. The van der Waals surface area contributed by atoms with Gasteiger partial charge in [0.05, 0.1) is 18.2 Å². The number of imidazole rings is 2. The first-order valence-electron chi connectivity index (χ1n) is 9.50. The molecule has 10 heteroatoms. The highest BCUT2D eigenvalue weighted by Gasteiger charge is 2.30. The molecule has 0 amide bonds. The van der Waals surface area contributed by atoms with Crippen molar-refractivity contribution in [2.45, 2.75) is 29.3 Å². The first-order chi connectivity index (χ1) is 15.3. The Labute approximate surface area is 197 Å². The van der Waals surface area contributed by atoms with Crippen LogP contribution in [0.4, 0.5) is 13.2 Å². The van der Waals surface area contributed by atoms with Crippen molar-refractivity contribution in [3.8, 4) is 0 Å². The molecule has 0 aliphatic rings. The number of alkyl halides is 3. The van der Waals surface area contributed by atoms with Crippen LogP contribution in [0.1, 0.15) is 22.8 Å². The predicted octanol–water partition coefficient (Wildman–Crippen LogP) is 7.54. The van der Waals surface area contributed by atoms with Gasteiger partial charge < -0.3 is 9.55 Å². The van der Waals surface area contributed by atoms with Crippen LogP contribution in [0.5, 0.6) is 0 Å². The summed E-state index contributed by atoms with van der Waals surface area (Å²) in [5, 5.41) is 1.03. The molecular formula is C22H19Cl2F3N4S. The zero-order chi connectivity index (χ0) is 23.0. The van der Waals surface area contributed by atoms with Crippen LogP contribution in [0, 0.1) is 0 Å². The van der Waals surface area contributed by atoms with Crippen molar-refractivity contribution in [2.75, 3.05) is 0 Å². The summed E-state index contributed by atoms with van der Waals surface area (Å²) in [5.74, 6) is 0. The van der Waals surface area contributed by atoms with Gasteiger partial charge in [0.2, 0.25) is 0 Å². The summed E-state index contributed by atoms with van der Waals surface area (Å²) in [6.45, 7) is 0.706. The lowest BCUT2D eigenvalue weighted by Crippen LogP contribution is -2.04. The van der Waals surface area contributed by atoms with E-state index in [4.69, 9.17) is 23.2 Å². The lowest BCUT2D eigenvalue weighted by molar-refractivity contribution is -0.137. The maximum Gasteiger partial charge on any atom is 0.416 e. The lowest BCUT2D eigenvalue weighted by atomic mass is 10.1. The van der Waals surface area contributed by atoms with Gasteiger partial charge in [-0.1, -0.05) is 29.3 Å². The van der Waals surface area contributed by atoms with Gasteiger partial charge >= 0.3 is 6.18 Å². The van der Waals surface area contributed by atoms with E-state index in [0.717, 1.165) is 29.0 Å². The number of rotatable bonds is 6. The molecule has 0 bridgehead atoms. The second-order valence-corrected chi connectivity index (χ2v) is 8.76. The van der Waals surface area contributed by atoms with Gasteiger partial charge in [-0.05, 0) is 48.4 Å². The van der Waals surface area contributed by atoms with Crippen LogP contribution in [0.25, 0.3) is 0 Å². The predicted molar refractivity (Wildman–Crippen MR) is 122 cm³/mol. The summed E-state index contributed by atoms with van der Waals surface area (Å²) in [6, 6.07) is 10.5. The van der Waals surface area contributed by atoms with Gasteiger partial charge in [0.1, 0.15) is 0 Å². The molecule has 0 spiro atoms. The summed E-state index contributed by atoms with van der Waals surface area (Å²) < 4.78 is 40.3. The molecule has 0 saturated carbocycles. The molecular weight excluding hydrogens is 480 g/mol. The smallest absolute Gasteiger partial charge is 0.351 e. The minimum absolute atomic E-state index is 0.0473. The molecule has 2 aromatic carbocycles. The number of aromatic amines is 1. The Morgan fingerprint density at radius 2 is 1.81 bits per heavy atom. The van der Waals surface area contributed by atoms with Crippen LogP contribution in [0.3, 0.4) is 0 Å². The van der Waals surface area contributed by atoms with Crippen molar-refractivity contribution in [3.05, 3.63) is 101 Å². The standard InChI is InChI=1S/C19H15Cl2F3N2S.C3H4N2/c20-14-3-6-16(17(21)11-14)18(7-9-26-10-8-25-12-26)27-15-4-1-13(2-5-15)19(22,23)24;1-2-5-3-4-1/h1-6,8,10-12,18H,7,9H2;1-3H,(H,4,5). The molecule has 4 aromatic rings. The number of thioether (sulfide) groups is 1. The SMILES string of the molecule is FC(F)(F)c1ccc(SC(CCn2ccnc2)c2ccc(Cl)cc2Cl)cc1.c1c[nH]cn1. The van der Waals surface area contributed by atoms with Crippen molar-refractivity contribution < 1.29 is 13.2 Å². The lowest BCUT2D eigenvalue weighted by Gasteiger charge is -2.19. The third kappa shape index (κ3) is 7.32. The summed E-state index contributed by atoms with van der Waals surface area (Å²) in [6.07, 6.45) is 6.76. The van der Waals surface area contributed by atoms with Gasteiger partial charge in [0.25, 0.3) is 0 Å². The number of hydrogen-bond acceptors (Lipinski definition) is 3. The Kier molecular flexibility index (Phi) is 8.67. The average Bonchev–Trinajstić information content (AvgIpc) is 3.48. The largest absolute Gasteiger partial charge is 0.416 e. The number of nitrogens with zero attached hydrogens (tertiary/aromatic N) is 3. The Morgan fingerprint density at radius 3 is 2.34 bits per heavy atom. The maximum absolute atomic E-state index is 12.8. The van der Waals surface area contributed by atoms with Gasteiger partial charge in [-0.2, -0.15) is 13.2 Å². The zero-order valence-corrected chi connectivity index (χ0v) is 19.0. The number of benzene rings is 2. The molecule has 0 fully saturated rings. The zero-order valence-electron chi connectivity index (χ0n) is 16.6. The molecule has 1 atom stereocenters. The summed E-state index contributed by atoms with van der Waals surface area (Å²) in [4.78, 5) is 11.2. The molecule has 0 aliphatic heterocycles. The van der Waals surface area contributed by atoms with E-state index in [1.165, 1.54) is 23.9 Å². The first-order valence-corrected chi connectivity index (χ1v) is 11.1. The second kappa shape index (κ2) is 11.4. The fourth-order valence-corrected chi connectivity index (χ4v) is 4.61. The molecule has 4 rings (SSSR count). The van der Waals surface area contributed by atoms with Gasteiger partial charge in [0, 0.05) is 51.5 Å². The van der Waals surface area contributed by atoms with Crippen molar-refractivity contribution in [1.82, 2.24) is 19.5 Å². The highest BCUT2D eigenvalue weighted by Crippen LogP contribution is 2.42. The monoisotopic (exact) mass is 498 g/mol. The van der Waals surface area contributed by atoms with Gasteiger partial charge in [-0.25, -0.2) is 9.97 Å². The Hall–Kier alpha value is -2.42. The minimum atomic E-state index is -4.34. The van der Waals surface area contributed by atoms with Crippen LogP contribution < -0.4 is 0 Å². The van der Waals surface area contributed by atoms with E-state index in [9.17, 15) is 13.2 Å². The molecule has 32 heavy (non-hydrogen) atoms. The number of halogens is 5. The highest BCUT2D eigenvalue weighted by molar-refractivity contribution is 7.99. The van der Waals surface area contributed by atoms with Crippen LogP contribution in [-0.2, 0) is 12.7 Å². The van der Waals surface area contributed by atoms with E-state index >= 15 is 0 Å². The first kappa shape index (κ1) is 24.2. The van der Waals surface area contributed by atoms with Crippen molar-refractivity contribution >= 4 is 35.0 Å².